The number of nitrogen functional groups attached to an aromatic ring is 1. The minimum Gasteiger partial charge on any atom is -0.493 e. The van der Waals surface area contributed by atoms with E-state index < -0.39 is 0 Å². The third-order valence-corrected chi connectivity index (χ3v) is 6.80. The summed E-state index contributed by atoms with van der Waals surface area (Å²) in [5, 5.41) is 9.58. The van der Waals surface area contributed by atoms with Crippen LogP contribution < -0.4 is 19.9 Å². The summed E-state index contributed by atoms with van der Waals surface area (Å²) in [5.74, 6) is 1.41. The number of nitrogens with zero attached hydrogens (tertiary/aromatic N) is 2. The summed E-state index contributed by atoms with van der Waals surface area (Å²) in [7, 11) is 4.45. The lowest BCUT2D eigenvalue weighted by Gasteiger charge is -2.13. The first-order valence-corrected chi connectivity index (χ1v) is 10.5. The van der Waals surface area contributed by atoms with Gasteiger partial charge in [-0.1, -0.05) is 6.07 Å². The molecular formula is C21H19N3O4S2. The van der Waals surface area contributed by atoms with Gasteiger partial charge in [-0.2, -0.15) is 5.26 Å². The molecule has 0 bridgehead atoms. The van der Waals surface area contributed by atoms with Crippen LogP contribution >= 0.6 is 23.1 Å². The largest absolute Gasteiger partial charge is 0.493 e. The molecule has 0 unspecified atom stereocenters. The third-order valence-electron chi connectivity index (χ3n) is 4.25. The smallest absolute Gasteiger partial charge is 0.205 e. The lowest BCUT2D eigenvalue weighted by Crippen LogP contribution is -2.05. The Kier molecular flexibility index (Phi) is 6.82. The molecule has 0 amide bonds. The Labute approximate surface area is 182 Å². The van der Waals surface area contributed by atoms with Crippen LogP contribution in [0.1, 0.15) is 26.4 Å². The topological polar surface area (TPSA) is 107 Å². The first-order chi connectivity index (χ1) is 14.5. The highest BCUT2D eigenvalue weighted by Crippen LogP contribution is 2.42. The summed E-state index contributed by atoms with van der Waals surface area (Å²) in [6.07, 6.45) is 3.46. The van der Waals surface area contributed by atoms with Gasteiger partial charge >= 0.3 is 0 Å². The van der Waals surface area contributed by atoms with Crippen molar-refractivity contribution in [1.29, 1.82) is 5.26 Å². The Morgan fingerprint density at radius 3 is 2.47 bits per heavy atom. The maximum absolute atomic E-state index is 13.2. The molecule has 0 aliphatic heterocycles. The molecule has 0 saturated heterocycles. The predicted molar refractivity (Wildman–Crippen MR) is 117 cm³/mol. The van der Waals surface area contributed by atoms with Crippen LogP contribution in [-0.4, -0.2) is 32.1 Å². The number of nitriles is 1. The number of carbonyl (C=O) groups is 1. The number of methoxy groups -OCH3 is 3. The van der Waals surface area contributed by atoms with Crippen LogP contribution in [0.15, 0.2) is 40.9 Å². The van der Waals surface area contributed by atoms with Gasteiger partial charge in [-0.15, -0.1) is 23.1 Å². The summed E-state index contributed by atoms with van der Waals surface area (Å²) < 4.78 is 16.6. The number of hydrogen-bond acceptors (Lipinski definition) is 9. The van der Waals surface area contributed by atoms with Crippen molar-refractivity contribution in [2.75, 3.05) is 27.1 Å². The number of ether oxygens (including phenoxy) is 3. The number of rotatable bonds is 8. The average Bonchev–Trinajstić information content (AvgIpc) is 3.11. The van der Waals surface area contributed by atoms with Gasteiger partial charge in [0.15, 0.2) is 11.5 Å². The van der Waals surface area contributed by atoms with Crippen molar-refractivity contribution in [2.45, 2.75) is 9.96 Å². The Balaban J connectivity index is 1.97. The Hall–Kier alpha value is -3.22. The number of thiophene rings is 1. The van der Waals surface area contributed by atoms with Crippen molar-refractivity contribution >= 4 is 34.6 Å². The van der Waals surface area contributed by atoms with E-state index in [2.05, 4.69) is 11.1 Å². The minimum atomic E-state index is -0.318. The normalized spacial score (nSPS) is 10.3. The van der Waals surface area contributed by atoms with E-state index in [1.165, 1.54) is 44.4 Å². The summed E-state index contributed by atoms with van der Waals surface area (Å²) in [4.78, 5) is 17.6. The molecule has 154 valence electrons. The second-order valence-electron chi connectivity index (χ2n) is 6.01. The van der Waals surface area contributed by atoms with Gasteiger partial charge in [-0.05, 0) is 23.8 Å². The Morgan fingerprint density at radius 1 is 1.23 bits per heavy atom. The van der Waals surface area contributed by atoms with Crippen molar-refractivity contribution in [3.8, 4) is 23.3 Å². The lowest BCUT2D eigenvalue weighted by atomic mass is 10.1. The van der Waals surface area contributed by atoms with E-state index in [-0.39, 0.29) is 11.5 Å². The highest BCUT2D eigenvalue weighted by molar-refractivity contribution is 8.00. The molecule has 30 heavy (non-hydrogen) atoms. The highest BCUT2D eigenvalue weighted by Gasteiger charge is 2.25. The molecule has 0 aliphatic carbocycles. The van der Waals surface area contributed by atoms with Crippen molar-refractivity contribution in [1.82, 2.24) is 4.98 Å². The van der Waals surface area contributed by atoms with E-state index in [0.29, 0.717) is 43.2 Å². The molecule has 2 aromatic heterocycles. The second-order valence-corrected chi connectivity index (χ2v) is 8.28. The average molecular weight is 442 g/mol. The fraction of sp³-hybridized carbons (Fsp3) is 0.190. The van der Waals surface area contributed by atoms with Crippen LogP contribution in [0.25, 0.3) is 0 Å². The van der Waals surface area contributed by atoms with Crippen LogP contribution in [-0.2, 0) is 5.75 Å². The molecule has 3 aromatic rings. The highest BCUT2D eigenvalue weighted by atomic mass is 32.2. The SMILES string of the molecule is COc1cc(C(=O)c2sc(SCc3cccnc3)c(C#N)c2N)cc(OC)c1OC. The van der Waals surface area contributed by atoms with Crippen molar-refractivity contribution < 1.29 is 19.0 Å². The van der Waals surface area contributed by atoms with E-state index in [0.717, 1.165) is 5.56 Å². The first kappa shape index (κ1) is 21.5. The maximum Gasteiger partial charge on any atom is 0.205 e. The maximum atomic E-state index is 13.2. The molecule has 2 N–H and O–H groups in total. The molecule has 1 aromatic carbocycles. The molecule has 0 radical (unpaired) electrons. The zero-order valence-electron chi connectivity index (χ0n) is 16.6. The van der Waals surface area contributed by atoms with Gasteiger partial charge in [-0.25, -0.2) is 0 Å². The Bertz CT molecular complexity index is 1080. The Morgan fingerprint density at radius 2 is 1.93 bits per heavy atom. The predicted octanol–water partition coefficient (Wildman–Crippen LogP) is 4.15. The van der Waals surface area contributed by atoms with Crippen LogP contribution in [0.4, 0.5) is 5.69 Å². The van der Waals surface area contributed by atoms with Gasteiger partial charge in [0.1, 0.15) is 16.5 Å². The van der Waals surface area contributed by atoms with E-state index in [9.17, 15) is 10.1 Å². The van der Waals surface area contributed by atoms with E-state index in [1.807, 2.05) is 12.1 Å². The monoisotopic (exact) mass is 441 g/mol. The number of benzene rings is 1. The lowest BCUT2D eigenvalue weighted by molar-refractivity contribution is 0.104. The number of ketones is 1. The molecule has 9 heteroatoms. The van der Waals surface area contributed by atoms with Crippen molar-refractivity contribution in [3.05, 3.63) is 58.2 Å². The molecule has 0 saturated carbocycles. The van der Waals surface area contributed by atoms with E-state index in [1.54, 1.807) is 24.5 Å². The fourth-order valence-corrected chi connectivity index (χ4v) is 5.07. The number of nitrogens with two attached hydrogens (primary N) is 1. The standard InChI is InChI=1S/C21H19N3O4S2/c1-26-15-7-13(8-16(27-2)19(15)28-3)18(25)20-17(23)14(9-22)21(30-20)29-11-12-5-4-6-24-10-12/h4-8,10H,11,23H2,1-3H3. The molecule has 0 atom stereocenters. The molecule has 0 spiro atoms. The number of carbonyl (C=O) groups excluding carboxylic acids is 1. The quantitative estimate of drug-likeness (QED) is 0.410. The number of aromatic nitrogens is 1. The van der Waals surface area contributed by atoms with Crippen LogP contribution in [0.5, 0.6) is 17.2 Å². The minimum absolute atomic E-state index is 0.176. The molecule has 3 rings (SSSR count). The van der Waals surface area contributed by atoms with Crippen molar-refractivity contribution in [2.24, 2.45) is 0 Å². The fourth-order valence-electron chi connectivity index (χ4n) is 2.77. The van der Waals surface area contributed by atoms with Gasteiger partial charge in [0, 0.05) is 23.7 Å². The van der Waals surface area contributed by atoms with Gasteiger partial charge in [-0.3, -0.25) is 9.78 Å². The number of hydrogen-bond donors (Lipinski definition) is 1. The molecular weight excluding hydrogens is 422 g/mol. The molecule has 7 nitrogen and oxygen atoms in total. The van der Waals surface area contributed by atoms with Crippen LogP contribution in [0.2, 0.25) is 0 Å². The van der Waals surface area contributed by atoms with E-state index in [4.69, 9.17) is 19.9 Å². The van der Waals surface area contributed by atoms with Gasteiger partial charge in [0.25, 0.3) is 0 Å². The summed E-state index contributed by atoms with van der Waals surface area (Å²) in [6, 6.07) is 9.05. The molecule has 2 heterocycles. The van der Waals surface area contributed by atoms with Crippen molar-refractivity contribution in [3.63, 3.8) is 0 Å². The third kappa shape index (κ3) is 4.20. The first-order valence-electron chi connectivity index (χ1n) is 8.72. The van der Waals surface area contributed by atoms with Crippen LogP contribution in [0.3, 0.4) is 0 Å². The summed E-state index contributed by atoms with van der Waals surface area (Å²) in [5.41, 5.74) is 7.99. The van der Waals surface area contributed by atoms with Gasteiger partial charge in [0.05, 0.1) is 31.2 Å². The summed E-state index contributed by atoms with van der Waals surface area (Å²) >= 11 is 2.65. The number of pyridine rings is 1. The van der Waals surface area contributed by atoms with Gasteiger partial charge < -0.3 is 19.9 Å². The number of thioether (sulfide) groups is 1. The van der Waals surface area contributed by atoms with Crippen LogP contribution in [0, 0.1) is 11.3 Å². The zero-order chi connectivity index (χ0) is 21.7. The van der Waals surface area contributed by atoms with Gasteiger partial charge in [0.2, 0.25) is 11.5 Å². The zero-order valence-corrected chi connectivity index (χ0v) is 18.2. The molecule has 0 aliphatic rings. The second kappa shape index (κ2) is 9.52. The summed E-state index contributed by atoms with van der Waals surface area (Å²) in [6.45, 7) is 0. The van der Waals surface area contributed by atoms with E-state index >= 15 is 0 Å². The number of anilines is 1. The molecule has 0 fully saturated rings.